The fourth-order valence-electron chi connectivity index (χ4n) is 3.09. The van der Waals surface area contributed by atoms with Crippen molar-refractivity contribution in [2.75, 3.05) is 5.32 Å². The van der Waals surface area contributed by atoms with Crippen molar-refractivity contribution in [2.45, 2.75) is 32.7 Å². The maximum absolute atomic E-state index is 4.48. The number of aromatic nitrogens is 3. The van der Waals surface area contributed by atoms with Gasteiger partial charge in [-0.2, -0.15) is 0 Å². The lowest BCUT2D eigenvalue weighted by Gasteiger charge is -2.18. The number of hydrogen-bond acceptors (Lipinski definition) is 5. The summed E-state index contributed by atoms with van der Waals surface area (Å²) in [5.41, 5.74) is 2.48. The van der Waals surface area contributed by atoms with E-state index in [1.54, 1.807) is 6.33 Å². The van der Waals surface area contributed by atoms with Crippen molar-refractivity contribution in [1.82, 2.24) is 15.0 Å². The number of fused-ring (bicyclic) bond motifs is 3. The van der Waals surface area contributed by atoms with Crippen LogP contribution in [0.15, 0.2) is 30.7 Å². The Balaban J connectivity index is 1.69. The summed E-state index contributed by atoms with van der Waals surface area (Å²) in [5, 5.41) is 4.67. The van der Waals surface area contributed by atoms with Gasteiger partial charge in [-0.05, 0) is 42.9 Å². The van der Waals surface area contributed by atoms with Gasteiger partial charge >= 0.3 is 0 Å². The van der Waals surface area contributed by atoms with Crippen LogP contribution in [0.5, 0.6) is 0 Å². The molecule has 22 heavy (non-hydrogen) atoms. The maximum atomic E-state index is 4.48. The molecule has 4 nitrogen and oxygen atoms in total. The first-order chi connectivity index (χ1) is 10.8. The molecule has 0 aromatic carbocycles. The molecule has 0 saturated heterocycles. The Bertz CT molecular complexity index is 797. The third-order valence-corrected chi connectivity index (χ3v) is 5.42. The van der Waals surface area contributed by atoms with Crippen LogP contribution < -0.4 is 5.32 Å². The molecule has 5 heteroatoms. The van der Waals surface area contributed by atoms with Crippen molar-refractivity contribution in [1.29, 1.82) is 0 Å². The molecule has 3 aromatic heterocycles. The van der Waals surface area contributed by atoms with Gasteiger partial charge in [0.25, 0.3) is 0 Å². The Morgan fingerprint density at radius 3 is 3.09 bits per heavy atom. The number of hydrogen-bond donors (Lipinski definition) is 1. The van der Waals surface area contributed by atoms with Crippen LogP contribution in [0.25, 0.3) is 10.2 Å². The van der Waals surface area contributed by atoms with Crippen molar-refractivity contribution >= 4 is 27.4 Å². The number of aryl methyl sites for hydroxylation is 1. The summed E-state index contributed by atoms with van der Waals surface area (Å²) in [4.78, 5) is 15.9. The van der Waals surface area contributed by atoms with Crippen LogP contribution in [0.1, 0.15) is 29.5 Å². The van der Waals surface area contributed by atoms with E-state index in [1.165, 1.54) is 28.7 Å². The summed E-state index contributed by atoms with van der Waals surface area (Å²) >= 11 is 1.83. The zero-order valence-electron chi connectivity index (χ0n) is 12.5. The monoisotopic (exact) mass is 310 g/mol. The van der Waals surface area contributed by atoms with Crippen LogP contribution in [-0.2, 0) is 19.4 Å². The number of nitrogens with one attached hydrogen (secondary N) is 1. The minimum atomic E-state index is 0.688. The zero-order chi connectivity index (χ0) is 14.9. The van der Waals surface area contributed by atoms with E-state index in [0.717, 1.165) is 28.7 Å². The van der Waals surface area contributed by atoms with E-state index in [-0.39, 0.29) is 0 Å². The number of nitrogens with zero attached hydrogens (tertiary/aromatic N) is 3. The van der Waals surface area contributed by atoms with Crippen molar-refractivity contribution in [3.8, 4) is 0 Å². The summed E-state index contributed by atoms with van der Waals surface area (Å²) in [6, 6.07) is 5.96. The molecule has 112 valence electrons. The highest BCUT2D eigenvalue weighted by molar-refractivity contribution is 7.19. The third kappa shape index (κ3) is 2.46. The highest BCUT2D eigenvalue weighted by atomic mass is 32.1. The number of anilines is 1. The van der Waals surface area contributed by atoms with Crippen LogP contribution in [0.3, 0.4) is 0 Å². The maximum Gasteiger partial charge on any atom is 0.138 e. The first kappa shape index (κ1) is 13.6. The molecule has 3 heterocycles. The van der Waals surface area contributed by atoms with E-state index in [2.05, 4.69) is 27.2 Å². The van der Waals surface area contributed by atoms with Crippen LogP contribution in [0, 0.1) is 5.92 Å². The second-order valence-corrected chi connectivity index (χ2v) is 7.01. The molecule has 0 bridgehead atoms. The SMILES string of the molecule is C[C@H]1CCc2c(sc3ncnc(NCc4ccccn4)c23)C1. The van der Waals surface area contributed by atoms with Crippen LogP contribution in [0.4, 0.5) is 5.82 Å². The predicted octanol–water partition coefficient (Wildman–Crippen LogP) is 3.82. The fraction of sp³-hybridized carbons (Fsp3) is 0.353. The summed E-state index contributed by atoms with van der Waals surface area (Å²) < 4.78 is 0. The Kier molecular flexibility index (Phi) is 3.50. The van der Waals surface area contributed by atoms with Gasteiger partial charge in [0.2, 0.25) is 0 Å². The summed E-state index contributed by atoms with van der Waals surface area (Å²) in [7, 11) is 0. The zero-order valence-corrected chi connectivity index (χ0v) is 13.4. The molecule has 4 rings (SSSR count). The van der Waals surface area contributed by atoms with Gasteiger partial charge in [0.1, 0.15) is 17.0 Å². The summed E-state index contributed by atoms with van der Waals surface area (Å²) in [6.07, 6.45) is 7.06. The molecule has 0 radical (unpaired) electrons. The largest absolute Gasteiger partial charge is 0.364 e. The lowest BCUT2D eigenvalue weighted by Crippen LogP contribution is -2.09. The van der Waals surface area contributed by atoms with Gasteiger partial charge in [0, 0.05) is 11.1 Å². The molecule has 1 N–H and O–H groups in total. The summed E-state index contributed by atoms with van der Waals surface area (Å²) in [6.45, 7) is 3.02. The molecule has 0 spiro atoms. The smallest absolute Gasteiger partial charge is 0.138 e. The second kappa shape index (κ2) is 5.65. The van der Waals surface area contributed by atoms with E-state index < -0.39 is 0 Å². The Hall–Kier alpha value is -2.01. The highest BCUT2D eigenvalue weighted by Gasteiger charge is 2.22. The van der Waals surface area contributed by atoms with Crippen LogP contribution >= 0.6 is 11.3 Å². The molecular weight excluding hydrogens is 292 g/mol. The van der Waals surface area contributed by atoms with E-state index in [0.29, 0.717) is 6.54 Å². The van der Waals surface area contributed by atoms with E-state index in [9.17, 15) is 0 Å². The second-order valence-electron chi connectivity index (χ2n) is 5.93. The van der Waals surface area contributed by atoms with Crippen molar-refractivity contribution in [3.05, 3.63) is 46.9 Å². The molecule has 0 fully saturated rings. The van der Waals surface area contributed by atoms with E-state index >= 15 is 0 Å². The lowest BCUT2D eigenvalue weighted by molar-refractivity contribution is 0.509. The van der Waals surface area contributed by atoms with Crippen molar-refractivity contribution in [3.63, 3.8) is 0 Å². The molecule has 0 aliphatic heterocycles. The van der Waals surface area contributed by atoms with Crippen molar-refractivity contribution < 1.29 is 0 Å². The quantitative estimate of drug-likeness (QED) is 0.799. The Morgan fingerprint density at radius 2 is 2.23 bits per heavy atom. The Morgan fingerprint density at radius 1 is 1.27 bits per heavy atom. The predicted molar refractivity (Wildman–Crippen MR) is 90.2 cm³/mol. The molecular formula is C17H18N4S. The van der Waals surface area contributed by atoms with Gasteiger partial charge < -0.3 is 5.32 Å². The molecule has 0 unspecified atom stereocenters. The minimum Gasteiger partial charge on any atom is -0.364 e. The number of rotatable bonds is 3. The van der Waals surface area contributed by atoms with Gasteiger partial charge in [0.15, 0.2) is 0 Å². The van der Waals surface area contributed by atoms with Crippen molar-refractivity contribution in [2.24, 2.45) is 5.92 Å². The number of pyridine rings is 1. The first-order valence-corrected chi connectivity index (χ1v) is 8.52. The topological polar surface area (TPSA) is 50.7 Å². The molecule has 1 aliphatic carbocycles. The molecule has 0 amide bonds. The van der Waals surface area contributed by atoms with Gasteiger partial charge in [-0.25, -0.2) is 9.97 Å². The highest BCUT2D eigenvalue weighted by Crippen LogP contribution is 2.39. The number of thiophene rings is 1. The minimum absolute atomic E-state index is 0.688. The average Bonchev–Trinajstić information content (AvgIpc) is 2.91. The Labute approximate surface area is 133 Å². The van der Waals surface area contributed by atoms with Crippen LogP contribution in [-0.4, -0.2) is 15.0 Å². The lowest BCUT2D eigenvalue weighted by atomic mass is 9.89. The van der Waals surface area contributed by atoms with Crippen LogP contribution in [0.2, 0.25) is 0 Å². The first-order valence-electron chi connectivity index (χ1n) is 7.70. The fourth-order valence-corrected chi connectivity index (χ4v) is 4.44. The standard InChI is InChI=1S/C17H18N4S/c1-11-5-6-13-14(8-11)22-17-15(13)16(20-10-21-17)19-9-12-4-2-3-7-18-12/h2-4,7,10-11H,5-6,8-9H2,1H3,(H,19,20,21)/t11-/m0/s1. The van der Waals surface area contributed by atoms with E-state index in [1.807, 2.05) is 35.7 Å². The van der Waals surface area contributed by atoms with Gasteiger partial charge in [-0.15, -0.1) is 11.3 Å². The van der Waals surface area contributed by atoms with Gasteiger partial charge in [-0.1, -0.05) is 13.0 Å². The molecule has 1 atom stereocenters. The normalized spacial score (nSPS) is 17.4. The average molecular weight is 310 g/mol. The molecule has 0 saturated carbocycles. The molecule has 1 aliphatic rings. The van der Waals surface area contributed by atoms with E-state index in [4.69, 9.17) is 0 Å². The van der Waals surface area contributed by atoms with Gasteiger partial charge in [-0.3, -0.25) is 4.98 Å². The summed E-state index contributed by atoms with van der Waals surface area (Å²) in [5.74, 6) is 1.72. The van der Waals surface area contributed by atoms with Gasteiger partial charge in [0.05, 0.1) is 17.6 Å². The molecule has 3 aromatic rings. The third-order valence-electron chi connectivity index (χ3n) is 4.25.